The van der Waals surface area contributed by atoms with Gasteiger partial charge in [-0.3, -0.25) is 9.89 Å². The summed E-state index contributed by atoms with van der Waals surface area (Å²) in [5.41, 5.74) is 2.43. The van der Waals surface area contributed by atoms with Crippen molar-refractivity contribution in [1.29, 1.82) is 0 Å². The lowest BCUT2D eigenvalue weighted by Crippen LogP contribution is -2.15. The molecule has 0 fully saturated rings. The van der Waals surface area contributed by atoms with Crippen LogP contribution in [-0.4, -0.2) is 32.2 Å². The van der Waals surface area contributed by atoms with Crippen molar-refractivity contribution in [2.45, 2.75) is 20.8 Å². The van der Waals surface area contributed by atoms with Crippen molar-refractivity contribution in [1.82, 2.24) is 15.2 Å². The summed E-state index contributed by atoms with van der Waals surface area (Å²) in [4.78, 5) is 26.0. The second-order valence-corrected chi connectivity index (χ2v) is 4.27. The van der Waals surface area contributed by atoms with Crippen LogP contribution in [0.5, 0.6) is 0 Å². The summed E-state index contributed by atoms with van der Waals surface area (Å²) in [7, 11) is 0. The molecule has 0 saturated heterocycles. The molecule has 0 aliphatic heterocycles. The van der Waals surface area contributed by atoms with Crippen molar-refractivity contribution >= 4 is 17.6 Å². The highest BCUT2D eigenvalue weighted by Gasteiger charge is 2.20. The third kappa shape index (κ3) is 2.22. The van der Waals surface area contributed by atoms with Gasteiger partial charge in [-0.25, -0.2) is 4.79 Å². The van der Waals surface area contributed by atoms with Crippen molar-refractivity contribution in [2.75, 3.05) is 5.32 Å². The van der Waals surface area contributed by atoms with E-state index in [2.05, 4.69) is 20.5 Å². The fourth-order valence-corrected chi connectivity index (χ4v) is 1.97. The zero-order valence-electron chi connectivity index (χ0n) is 10.8. The minimum Gasteiger partial charge on any atom is -0.478 e. The number of aryl methyl sites for hydroxylation is 3. The van der Waals surface area contributed by atoms with E-state index in [1.54, 1.807) is 20.8 Å². The first-order chi connectivity index (χ1) is 8.91. The highest BCUT2D eigenvalue weighted by atomic mass is 16.4. The fourth-order valence-electron chi connectivity index (χ4n) is 1.97. The number of hydrogen-bond donors (Lipinski definition) is 4. The predicted octanol–water partition coefficient (Wildman–Crippen LogP) is 1.61. The Hall–Kier alpha value is -2.57. The molecule has 0 aromatic carbocycles. The summed E-state index contributed by atoms with van der Waals surface area (Å²) in [5, 5.41) is 18.3. The van der Waals surface area contributed by atoms with Gasteiger partial charge in [-0.15, -0.1) is 0 Å². The molecule has 0 aliphatic rings. The third-order valence-corrected chi connectivity index (χ3v) is 2.89. The molecule has 4 N–H and O–H groups in total. The smallest absolute Gasteiger partial charge is 0.339 e. The number of hydrogen-bond acceptors (Lipinski definition) is 3. The van der Waals surface area contributed by atoms with E-state index in [1.165, 1.54) is 6.20 Å². The summed E-state index contributed by atoms with van der Waals surface area (Å²) < 4.78 is 0. The Morgan fingerprint density at radius 2 is 1.89 bits per heavy atom. The molecule has 0 bridgehead atoms. The standard InChI is InChI=1S/C12H14N4O3/c1-5-10(12(18)19)8(4-13-5)14-11(17)9-6(2)15-16-7(9)3/h4,13H,1-3H3,(H,14,17)(H,15,16)(H,18,19). The van der Waals surface area contributed by atoms with E-state index in [-0.39, 0.29) is 17.2 Å². The minimum absolute atomic E-state index is 0.0622. The predicted molar refractivity (Wildman–Crippen MR) is 68.5 cm³/mol. The van der Waals surface area contributed by atoms with Crippen LogP contribution in [0.3, 0.4) is 0 Å². The van der Waals surface area contributed by atoms with Crippen LogP contribution >= 0.6 is 0 Å². The number of carbonyl (C=O) groups is 2. The van der Waals surface area contributed by atoms with Crippen molar-refractivity contribution in [3.8, 4) is 0 Å². The van der Waals surface area contributed by atoms with Gasteiger partial charge in [0.25, 0.3) is 5.91 Å². The first kappa shape index (κ1) is 12.9. The van der Waals surface area contributed by atoms with Crippen LogP contribution in [0.15, 0.2) is 6.20 Å². The van der Waals surface area contributed by atoms with E-state index in [4.69, 9.17) is 5.11 Å². The zero-order chi connectivity index (χ0) is 14.2. The molecule has 2 heterocycles. The lowest BCUT2D eigenvalue weighted by Gasteiger charge is -2.05. The van der Waals surface area contributed by atoms with E-state index in [0.717, 1.165) is 0 Å². The molecule has 1 amide bonds. The first-order valence-corrected chi connectivity index (χ1v) is 5.66. The van der Waals surface area contributed by atoms with Gasteiger partial charge in [0.15, 0.2) is 0 Å². The summed E-state index contributed by atoms with van der Waals surface area (Å²) >= 11 is 0. The van der Waals surface area contributed by atoms with Crippen LogP contribution in [0.1, 0.15) is 37.8 Å². The van der Waals surface area contributed by atoms with Gasteiger partial charge in [-0.2, -0.15) is 5.10 Å². The number of H-pyrrole nitrogens is 2. The normalized spacial score (nSPS) is 10.5. The van der Waals surface area contributed by atoms with Gasteiger partial charge in [-0.05, 0) is 20.8 Å². The Kier molecular flexibility index (Phi) is 3.12. The lowest BCUT2D eigenvalue weighted by atomic mass is 10.1. The van der Waals surface area contributed by atoms with Crippen LogP contribution in [0, 0.1) is 20.8 Å². The Labute approximate surface area is 109 Å². The molecule has 19 heavy (non-hydrogen) atoms. The number of carbonyl (C=O) groups excluding carboxylic acids is 1. The maximum atomic E-state index is 12.1. The van der Waals surface area contributed by atoms with Gasteiger partial charge >= 0.3 is 5.97 Å². The topological polar surface area (TPSA) is 111 Å². The fraction of sp³-hybridized carbons (Fsp3) is 0.250. The number of nitrogens with zero attached hydrogens (tertiary/aromatic N) is 1. The van der Waals surface area contributed by atoms with Crippen LogP contribution in [0.4, 0.5) is 5.69 Å². The highest BCUT2D eigenvalue weighted by Crippen LogP contribution is 2.21. The number of rotatable bonds is 3. The maximum absolute atomic E-state index is 12.1. The first-order valence-electron chi connectivity index (χ1n) is 5.66. The number of aromatic nitrogens is 3. The van der Waals surface area contributed by atoms with Crippen LogP contribution < -0.4 is 5.32 Å². The summed E-state index contributed by atoms with van der Waals surface area (Å²) in [5.74, 6) is -1.47. The van der Waals surface area contributed by atoms with Gasteiger partial charge < -0.3 is 15.4 Å². The average Bonchev–Trinajstić information content (AvgIpc) is 2.83. The van der Waals surface area contributed by atoms with E-state index in [0.29, 0.717) is 22.6 Å². The summed E-state index contributed by atoms with van der Waals surface area (Å²) in [6.07, 6.45) is 1.46. The molecule has 2 aromatic heterocycles. The molecule has 100 valence electrons. The number of aromatic carboxylic acids is 1. The number of aromatic amines is 2. The van der Waals surface area contributed by atoms with E-state index < -0.39 is 5.97 Å². The Morgan fingerprint density at radius 3 is 2.42 bits per heavy atom. The highest BCUT2D eigenvalue weighted by molar-refractivity contribution is 6.09. The Bertz CT molecular complexity index is 634. The van der Waals surface area contributed by atoms with Gasteiger partial charge in [0, 0.05) is 17.6 Å². The monoisotopic (exact) mass is 262 g/mol. The molecule has 2 rings (SSSR count). The van der Waals surface area contributed by atoms with E-state index in [1.807, 2.05) is 0 Å². The molecule has 0 unspecified atom stereocenters. The molecule has 0 atom stereocenters. The van der Waals surface area contributed by atoms with Crippen molar-refractivity contribution in [3.63, 3.8) is 0 Å². The molecule has 0 spiro atoms. The number of nitrogens with one attached hydrogen (secondary N) is 3. The zero-order valence-corrected chi connectivity index (χ0v) is 10.8. The van der Waals surface area contributed by atoms with Gasteiger partial charge in [-0.1, -0.05) is 0 Å². The molecule has 7 heteroatoms. The second kappa shape index (κ2) is 4.60. The third-order valence-electron chi connectivity index (χ3n) is 2.89. The second-order valence-electron chi connectivity index (χ2n) is 4.27. The molecule has 0 aliphatic carbocycles. The van der Waals surface area contributed by atoms with Crippen molar-refractivity contribution in [2.24, 2.45) is 0 Å². The SMILES string of the molecule is Cc1n[nH]c(C)c1C(=O)Nc1c[nH]c(C)c1C(=O)O. The van der Waals surface area contributed by atoms with E-state index in [9.17, 15) is 9.59 Å². The largest absolute Gasteiger partial charge is 0.478 e. The van der Waals surface area contributed by atoms with Crippen LogP contribution in [0.25, 0.3) is 0 Å². The van der Waals surface area contributed by atoms with Gasteiger partial charge in [0.05, 0.1) is 16.9 Å². The number of carboxylic acid groups (broad SMARTS) is 1. The quantitative estimate of drug-likeness (QED) is 0.673. The van der Waals surface area contributed by atoms with Crippen molar-refractivity contribution in [3.05, 3.63) is 34.4 Å². The molecule has 7 nitrogen and oxygen atoms in total. The molecule has 2 aromatic rings. The van der Waals surface area contributed by atoms with Crippen LogP contribution in [0.2, 0.25) is 0 Å². The number of carboxylic acids is 1. The average molecular weight is 262 g/mol. The van der Waals surface area contributed by atoms with Gasteiger partial charge in [0.2, 0.25) is 0 Å². The number of anilines is 1. The van der Waals surface area contributed by atoms with Gasteiger partial charge in [0.1, 0.15) is 5.56 Å². The number of amides is 1. The maximum Gasteiger partial charge on any atom is 0.339 e. The molecule has 0 saturated carbocycles. The molecule has 0 radical (unpaired) electrons. The van der Waals surface area contributed by atoms with Crippen LogP contribution in [-0.2, 0) is 0 Å². The Balaban J connectivity index is 2.32. The molecular formula is C12H14N4O3. The molecular weight excluding hydrogens is 248 g/mol. The lowest BCUT2D eigenvalue weighted by molar-refractivity contribution is 0.0697. The van der Waals surface area contributed by atoms with E-state index >= 15 is 0 Å². The van der Waals surface area contributed by atoms with Crippen molar-refractivity contribution < 1.29 is 14.7 Å². The Morgan fingerprint density at radius 1 is 1.21 bits per heavy atom. The minimum atomic E-state index is -1.09. The summed E-state index contributed by atoms with van der Waals surface area (Å²) in [6.45, 7) is 5.07. The summed E-state index contributed by atoms with van der Waals surface area (Å²) in [6, 6.07) is 0.